The van der Waals surface area contributed by atoms with Crippen LogP contribution in [0.3, 0.4) is 0 Å². The van der Waals surface area contributed by atoms with E-state index in [0.29, 0.717) is 11.6 Å². The summed E-state index contributed by atoms with van der Waals surface area (Å²) in [7, 11) is -3.29. The van der Waals surface area contributed by atoms with Crippen LogP contribution < -0.4 is 5.84 Å². The van der Waals surface area contributed by atoms with Crippen LogP contribution in [-0.2, 0) is 8.85 Å². The van der Waals surface area contributed by atoms with Gasteiger partial charge in [0.25, 0.3) is 0 Å². The summed E-state index contributed by atoms with van der Waals surface area (Å²) in [5.74, 6) is 7.40. The Kier molecular flexibility index (Phi) is 5.17. The highest BCUT2D eigenvalue weighted by atomic mass is 28.4. The second-order valence-corrected chi connectivity index (χ2v) is 16.0. The van der Waals surface area contributed by atoms with Gasteiger partial charge in [-0.15, -0.1) is 10.2 Å². The Balaban J connectivity index is 2.89. The summed E-state index contributed by atoms with van der Waals surface area (Å²) in [6.45, 7) is 16.7. The zero-order valence-electron chi connectivity index (χ0n) is 13.9. The molecule has 0 aliphatic rings. The van der Waals surface area contributed by atoms with E-state index in [9.17, 15) is 0 Å². The number of rotatable bonds is 6. The maximum absolute atomic E-state index is 6.11. The lowest BCUT2D eigenvalue weighted by Crippen LogP contribution is -2.31. The Morgan fingerprint density at radius 3 is 1.40 bits per heavy atom. The maximum Gasteiger partial charge on any atom is 0.184 e. The van der Waals surface area contributed by atoms with Gasteiger partial charge in [0.2, 0.25) is 0 Å². The van der Waals surface area contributed by atoms with Gasteiger partial charge in [-0.05, 0) is 53.1 Å². The molecule has 1 aromatic heterocycles. The Bertz CT molecular complexity index is 412. The molecule has 0 saturated heterocycles. The lowest BCUT2D eigenvalue weighted by molar-refractivity contribution is 0.196. The predicted octanol–water partition coefficient (Wildman–Crippen LogP) is 2.82. The second-order valence-electron chi connectivity index (χ2n) is 7.03. The smallest absolute Gasteiger partial charge is 0.184 e. The van der Waals surface area contributed by atoms with Gasteiger partial charge < -0.3 is 14.7 Å². The fraction of sp³-hybridized carbons (Fsp3) is 0.833. The first-order chi connectivity index (χ1) is 8.91. The van der Waals surface area contributed by atoms with E-state index in [1.165, 1.54) is 4.68 Å². The molecule has 0 spiro atoms. The fourth-order valence-corrected chi connectivity index (χ4v) is 4.37. The largest absolute Gasteiger partial charge is 0.408 e. The molecular weight excluding hydrogens is 288 g/mol. The van der Waals surface area contributed by atoms with Gasteiger partial charge in [-0.25, -0.2) is 4.68 Å². The molecule has 2 atom stereocenters. The van der Waals surface area contributed by atoms with Crippen molar-refractivity contribution in [2.24, 2.45) is 0 Å². The molecule has 8 heteroatoms. The van der Waals surface area contributed by atoms with Gasteiger partial charge in [0.1, 0.15) is 12.2 Å². The van der Waals surface area contributed by atoms with Crippen molar-refractivity contribution < 1.29 is 8.85 Å². The van der Waals surface area contributed by atoms with Gasteiger partial charge in [0, 0.05) is 0 Å². The van der Waals surface area contributed by atoms with Crippen LogP contribution in [0.5, 0.6) is 0 Å². The lowest BCUT2D eigenvalue weighted by atomic mass is 10.3. The number of hydrogen-bond acceptors (Lipinski definition) is 5. The van der Waals surface area contributed by atoms with Crippen molar-refractivity contribution in [2.75, 3.05) is 5.84 Å². The van der Waals surface area contributed by atoms with Crippen molar-refractivity contribution in [3.63, 3.8) is 0 Å². The molecule has 1 aromatic rings. The van der Waals surface area contributed by atoms with E-state index < -0.39 is 16.6 Å². The number of nitrogens with zero attached hydrogens (tertiary/aromatic N) is 3. The van der Waals surface area contributed by atoms with Gasteiger partial charge in [0.15, 0.2) is 28.3 Å². The quantitative estimate of drug-likeness (QED) is 0.645. The highest BCUT2D eigenvalue weighted by Gasteiger charge is 2.27. The molecule has 0 aromatic carbocycles. The predicted molar refractivity (Wildman–Crippen MR) is 85.9 cm³/mol. The molecule has 0 saturated carbocycles. The Morgan fingerprint density at radius 2 is 1.15 bits per heavy atom. The van der Waals surface area contributed by atoms with Crippen molar-refractivity contribution in [1.82, 2.24) is 14.9 Å². The van der Waals surface area contributed by atoms with E-state index in [1.807, 2.05) is 13.8 Å². The summed E-state index contributed by atoms with van der Waals surface area (Å²) in [4.78, 5) is 0. The monoisotopic (exact) mass is 316 g/mol. The third-order valence-corrected chi connectivity index (χ3v) is 4.66. The molecule has 0 radical (unpaired) electrons. The summed E-state index contributed by atoms with van der Waals surface area (Å²) in [5.41, 5.74) is 0. The molecule has 1 heterocycles. The van der Waals surface area contributed by atoms with Gasteiger partial charge in [-0.3, -0.25) is 0 Å². The minimum atomic E-state index is -1.64. The Hall–Kier alpha value is -0.706. The van der Waals surface area contributed by atoms with Crippen LogP contribution in [0.15, 0.2) is 0 Å². The topological polar surface area (TPSA) is 75.2 Å². The number of nitrogens with two attached hydrogens (primary N) is 1. The van der Waals surface area contributed by atoms with Crippen LogP contribution in [0, 0.1) is 0 Å². The molecule has 0 fully saturated rings. The van der Waals surface area contributed by atoms with E-state index in [4.69, 9.17) is 14.7 Å². The van der Waals surface area contributed by atoms with Crippen molar-refractivity contribution >= 4 is 16.6 Å². The van der Waals surface area contributed by atoms with E-state index in [2.05, 4.69) is 49.5 Å². The van der Waals surface area contributed by atoms with Crippen LogP contribution in [0.2, 0.25) is 39.3 Å². The van der Waals surface area contributed by atoms with Crippen LogP contribution in [-0.4, -0.2) is 31.5 Å². The minimum Gasteiger partial charge on any atom is -0.408 e. The molecule has 0 bridgehead atoms. The van der Waals surface area contributed by atoms with Crippen molar-refractivity contribution in [1.29, 1.82) is 0 Å². The zero-order chi connectivity index (χ0) is 15.7. The Morgan fingerprint density at radius 1 is 0.850 bits per heavy atom. The third kappa shape index (κ3) is 5.00. The average molecular weight is 317 g/mol. The second kappa shape index (κ2) is 5.96. The zero-order valence-corrected chi connectivity index (χ0v) is 15.9. The highest BCUT2D eigenvalue weighted by molar-refractivity contribution is 6.70. The molecule has 116 valence electrons. The third-order valence-electron chi connectivity index (χ3n) is 2.54. The molecule has 6 nitrogen and oxygen atoms in total. The highest BCUT2D eigenvalue weighted by Crippen LogP contribution is 2.24. The number of hydrogen-bond donors (Lipinski definition) is 1. The molecule has 20 heavy (non-hydrogen) atoms. The van der Waals surface area contributed by atoms with Crippen LogP contribution in [0.1, 0.15) is 37.7 Å². The minimum absolute atomic E-state index is 0.160. The molecule has 0 aliphatic heterocycles. The maximum atomic E-state index is 6.11. The summed E-state index contributed by atoms with van der Waals surface area (Å²) < 4.78 is 13.5. The fourth-order valence-electron chi connectivity index (χ4n) is 2.04. The first-order valence-corrected chi connectivity index (χ1v) is 13.8. The van der Waals surface area contributed by atoms with E-state index in [-0.39, 0.29) is 12.2 Å². The molecular formula is C12H28N4O2Si2. The molecule has 2 unspecified atom stereocenters. The standard InChI is InChI=1S/C12H28N4O2Si2/c1-9(17-19(3,4)5)11-14-15-12(16(11)13)10(2)18-20(6,7)8/h9-10H,13H2,1-8H3. The van der Waals surface area contributed by atoms with Crippen molar-refractivity contribution in [3.8, 4) is 0 Å². The van der Waals surface area contributed by atoms with Gasteiger partial charge in [0.05, 0.1) is 0 Å². The normalized spacial score (nSPS) is 16.2. The van der Waals surface area contributed by atoms with Crippen LogP contribution in [0.4, 0.5) is 0 Å². The lowest BCUT2D eigenvalue weighted by Gasteiger charge is -2.24. The van der Waals surface area contributed by atoms with Gasteiger partial charge in [-0.1, -0.05) is 0 Å². The van der Waals surface area contributed by atoms with E-state index >= 15 is 0 Å². The molecule has 0 amide bonds. The van der Waals surface area contributed by atoms with E-state index in [1.54, 1.807) is 0 Å². The summed E-state index contributed by atoms with van der Waals surface area (Å²) in [6.07, 6.45) is -0.320. The number of nitrogen functional groups attached to an aromatic ring is 1. The molecule has 0 aliphatic carbocycles. The summed E-state index contributed by atoms with van der Waals surface area (Å²) in [5, 5.41) is 8.34. The average Bonchev–Trinajstić information content (AvgIpc) is 2.54. The molecule has 1 rings (SSSR count). The van der Waals surface area contributed by atoms with E-state index in [0.717, 1.165) is 0 Å². The van der Waals surface area contributed by atoms with Crippen molar-refractivity contribution in [3.05, 3.63) is 11.6 Å². The Labute approximate surface area is 123 Å². The summed E-state index contributed by atoms with van der Waals surface area (Å²) in [6, 6.07) is 0. The molecule has 2 N–H and O–H groups in total. The van der Waals surface area contributed by atoms with Crippen molar-refractivity contribution in [2.45, 2.75) is 65.3 Å². The first-order valence-electron chi connectivity index (χ1n) is 6.96. The van der Waals surface area contributed by atoms with Gasteiger partial charge >= 0.3 is 0 Å². The van der Waals surface area contributed by atoms with Crippen LogP contribution >= 0.6 is 0 Å². The van der Waals surface area contributed by atoms with Gasteiger partial charge in [-0.2, -0.15) is 0 Å². The summed E-state index contributed by atoms with van der Waals surface area (Å²) >= 11 is 0. The number of aromatic nitrogens is 3. The SMILES string of the molecule is CC(O[Si](C)(C)C)c1nnc(C(C)O[Si](C)(C)C)n1N. The first kappa shape index (κ1) is 17.3. The van der Waals surface area contributed by atoms with Crippen LogP contribution in [0.25, 0.3) is 0 Å².